The number of aromatic nitrogens is 1. The summed E-state index contributed by atoms with van der Waals surface area (Å²) in [6.45, 7) is 0.840. The Morgan fingerprint density at radius 1 is 1.06 bits per heavy atom. The van der Waals surface area contributed by atoms with Gasteiger partial charge in [-0.05, 0) is 60.2 Å². The number of nitrogens with two attached hydrogens (primary N) is 1. The minimum atomic E-state index is -0.851. The van der Waals surface area contributed by atoms with Crippen molar-refractivity contribution in [3.63, 3.8) is 0 Å². The molecule has 1 unspecified atom stereocenters. The molecule has 0 saturated carbocycles. The molecular weight excluding hydrogens is 393 g/mol. The van der Waals surface area contributed by atoms with E-state index in [0.717, 1.165) is 16.7 Å². The van der Waals surface area contributed by atoms with Crippen molar-refractivity contribution in [3.8, 4) is 11.1 Å². The first-order valence-corrected chi connectivity index (χ1v) is 10.3. The Morgan fingerprint density at radius 3 is 2.55 bits per heavy atom. The highest BCUT2D eigenvalue weighted by Gasteiger charge is 2.42. The van der Waals surface area contributed by atoms with Crippen molar-refractivity contribution < 1.29 is 14.0 Å². The topological polar surface area (TPSA) is 76.3 Å². The lowest BCUT2D eigenvalue weighted by Gasteiger charge is -2.41. The lowest BCUT2D eigenvalue weighted by atomic mass is 9.74. The van der Waals surface area contributed by atoms with E-state index >= 15 is 0 Å². The van der Waals surface area contributed by atoms with Gasteiger partial charge in [-0.25, -0.2) is 4.39 Å². The van der Waals surface area contributed by atoms with E-state index in [1.807, 2.05) is 30.3 Å². The van der Waals surface area contributed by atoms with Crippen LogP contribution in [-0.4, -0.2) is 34.8 Å². The van der Waals surface area contributed by atoms with Crippen molar-refractivity contribution in [2.24, 2.45) is 11.1 Å². The maximum Gasteiger partial charge on any atom is 0.255 e. The van der Waals surface area contributed by atoms with Crippen LogP contribution in [0.5, 0.6) is 0 Å². The average molecular weight is 417 g/mol. The average Bonchev–Trinajstić information content (AvgIpc) is 2.79. The second-order valence-corrected chi connectivity index (χ2v) is 8.10. The van der Waals surface area contributed by atoms with E-state index in [4.69, 9.17) is 5.73 Å². The Balaban J connectivity index is 1.60. The van der Waals surface area contributed by atoms with Crippen LogP contribution in [0.3, 0.4) is 0 Å². The van der Waals surface area contributed by atoms with E-state index < -0.39 is 11.3 Å². The van der Waals surface area contributed by atoms with Crippen molar-refractivity contribution in [3.05, 3.63) is 90.0 Å². The normalized spacial score (nSPS) is 18.5. The van der Waals surface area contributed by atoms with Crippen molar-refractivity contribution in [1.82, 2.24) is 9.88 Å². The zero-order chi connectivity index (χ0) is 21.8. The van der Waals surface area contributed by atoms with Gasteiger partial charge in [0.2, 0.25) is 5.91 Å². The van der Waals surface area contributed by atoms with Crippen LogP contribution in [0.2, 0.25) is 0 Å². The van der Waals surface area contributed by atoms with Crippen molar-refractivity contribution in [2.45, 2.75) is 19.3 Å². The van der Waals surface area contributed by atoms with E-state index in [1.165, 1.54) is 18.3 Å². The van der Waals surface area contributed by atoms with E-state index in [0.29, 0.717) is 31.4 Å². The zero-order valence-electron chi connectivity index (χ0n) is 17.1. The molecule has 0 spiro atoms. The summed E-state index contributed by atoms with van der Waals surface area (Å²) >= 11 is 0. The number of benzene rings is 2. The number of piperidine rings is 1. The van der Waals surface area contributed by atoms with Crippen LogP contribution in [0.1, 0.15) is 28.8 Å². The van der Waals surface area contributed by atoms with Gasteiger partial charge in [0.25, 0.3) is 5.91 Å². The van der Waals surface area contributed by atoms with Gasteiger partial charge in [0.15, 0.2) is 0 Å². The fraction of sp³-hybridized carbons (Fsp3) is 0.240. The molecular formula is C25H24FN3O2. The fourth-order valence-corrected chi connectivity index (χ4v) is 4.33. The van der Waals surface area contributed by atoms with Crippen LogP contribution in [0, 0.1) is 11.2 Å². The number of likely N-dealkylation sites (tertiary alicyclic amines) is 1. The molecule has 1 atom stereocenters. The molecule has 1 aliphatic heterocycles. The summed E-state index contributed by atoms with van der Waals surface area (Å²) in [6, 6.07) is 17.6. The van der Waals surface area contributed by atoms with Gasteiger partial charge in [-0.2, -0.15) is 0 Å². The lowest BCUT2D eigenvalue weighted by molar-refractivity contribution is -0.130. The third-order valence-corrected chi connectivity index (χ3v) is 5.92. The first kappa shape index (κ1) is 20.7. The van der Waals surface area contributed by atoms with Crippen LogP contribution in [-0.2, 0) is 11.2 Å². The van der Waals surface area contributed by atoms with Gasteiger partial charge >= 0.3 is 0 Å². The molecule has 0 radical (unpaired) electrons. The first-order valence-electron chi connectivity index (χ1n) is 10.3. The number of halogens is 1. The molecule has 1 saturated heterocycles. The molecule has 5 nitrogen and oxygen atoms in total. The number of primary amides is 1. The number of hydrogen-bond acceptors (Lipinski definition) is 3. The maximum absolute atomic E-state index is 13.6. The van der Waals surface area contributed by atoms with E-state index in [9.17, 15) is 14.0 Å². The minimum Gasteiger partial charge on any atom is -0.369 e. The van der Waals surface area contributed by atoms with Gasteiger partial charge in [-0.3, -0.25) is 14.6 Å². The molecule has 3 aromatic rings. The molecule has 2 amide bonds. The predicted octanol–water partition coefficient (Wildman–Crippen LogP) is 3.84. The Bertz CT molecular complexity index is 1100. The molecule has 1 fully saturated rings. The standard InChI is InChI=1S/C25H24FN3O2/c26-22-9-2-7-20(14-22)19-6-1-5-18(13-19)15-25(24(27)31)10-4-12-29(17-25)23(30)21-8-3-11-28-16-21/h1-3,5-9,11,13-14,16H,4,10,12,15,17H2,(H2,27,31). The molecule has 2 N–H and O–H groups in total. The van der Waals surface area contributed by atoms with E-state index in [1.54, 1.807) is 29.3 Å². The van der Waals surface area contributed by atoms with Gasteiger partial charge in [0.1, 0.15) is 5.82 Å². The summed E-state index contributed by atoms with van der Waals surface area (Å²) in [6.07, 6.45) is 4.88. The van der Waals surface area contributed by atoms with Gasteiger partial charge in [-0.1, -0.05) is 36.4 Å². The Labute approximate surface area is 180 Å². The Morgan fingerprint density at radius 2 is 1.84 bits per heavy atom. The highest BCUT2D eigenvalue weighted by molar-refractivity contribution is 5.94. The number of rotatable bonds is 5. The summed E-state index contributed by atoms with van der Waals surface area (Å²) in [4.78, 5) is 31.3. The summed E-state index contributed by atoms with van der Waals surface area (Å²) in [5, 5.41) is 0. The van der Waals surface area contributed by atoms with Crippen molar-refractivity contribution in [2.75, 3.05) is 13.1 Å². The van der Waals surface area contributed by atoms with Crippen LogP contribution < -0.4 is 5.73 Å². The molecule has 2 aromatic carbocycles. The number of amides is 2. The number of hydrogen-bond donors (Lipinski definition) is 1. The van der Waals surface area contributed by atoms with Crippen molar-refractivity contribution in [1.29, 1.82) is 0 Å². The van der Waals surface area contributed by atoms with Gasteiger partial charge < -0.3 is 10.6 Å². The highest BCUT2D eigenvalue weighted by atomic mass is 19.1. The Hall–Kier alpha value is -3.54. The van der Waals surface area contributed by atoms with Gasteiger partial charge in [0.05, 0.1) is 11.0 Å². The third-order valence-electron chi connectivity index (χ3n) is 5.92. The van der Waals surface area contributed by atoms with Crippen LogP contribution in [0.25, 0.3) is 11.1 Å². The number of pyridine rings is 1. The number of carbonyl (C=O) groups excluding carboxylic acids is 2. The van der Waals surface area contributed by atoms with Gasteiger partial charge in [-0.15, -0.1) is 0 Å². The number of nitrogens with zero attached hydrogens (tertiary/aromatic N) is 2. The van der Waals surface area contributed by atoms with Crippen molar-refractivity contribution >= 4 is 11.8 Å². The fourth-order valence-electron chi connectivity index (χ4n) is 4.33. The minimum absolute atomic E-state index is 0.146. The summed E-state index contributed by atoms with van der Waals surface area (Å²) in [7, 11) is 0. The molecule has 31 heavy (non-hydrogen) atoms. The zero-order valence-corrected chi connectivity index (χ0v) is 17.1. The lowest BCUT2D eigenvalue weighted by Crippen LogP contribution is -2.53. The molecule has 1 aromatic heterocycles. The molecule has 1 aliphatic rings. The SMILES string of the molecule is NC(=O)C1(Cc2cccc(-c3cccc(F)c3)c2)CCCN(C(=O)c2cccnc2)C1. The summed E-state index contributed by atoms with van der Waals surface area (Å²) in [5.74, 6) is -0.854. The third kappa shape index (κ3) is 4.48. The summed E-state index contributed by atoms with van der Waals surface area (Å²) < 4.78 is 13.6. The summed E-state index contributed by atoms with van der Waals surface area (Å²) in [5.41, 5.74) is 8.10. The smallest absolute Gasteiger partial charge is 0.255 e. The Kier molecular flexibility index (Phi) is 5.80. The van der Waals surface area contributed by atoms with Gasteiger partial charge in [0, 0.05) is 25.5 Å². The first-order chi connectivity index (χ1) is 15.0. The van der Waals surface area contributed by atoms with Crippen LogP contribution in [0.15, 0.2) is 73.1 Å². The predicted molar refractivity (Wildman–Crippen MR) is 117 cm³/mol. The largest absolute Gasteiger partial charge is 0.369 e. The second kappa shape index (κ2) is 8.68. The molecule has 4 rings (SSSR count). The molecule has 6 heteroatoms. The maximum atomic E-state index is 13.6. The molecule has 158 valence electrons. The molecule has 0 aliphatic carbocycles. The van der Waals surface area contributed by atoms with Crippen LogP contribution in [0.4, 0.5) is 4.39 Å². The molecule has 2 heterocycles. The number of carbonyl (C=O) groups is 2. The second-order valence-electron chi connectivity index (χ2n) is 8.10. The van der Waals surface area contributed by atoms with E-state index in [2.05, 4.69) is 4.98 Å². The van der Waals surface area contributed by atoms with E-state index in [-0.39, 0.29) is 18.3 Å². The molecule has 0 bridgehead atoms. The quantitative estimate of drug-likeness (QED) is 0.685. The monoisotopic (exact) mass is 417 g/mol. The van der Waals surface area contributed by atoms with Crippen LogP contribution >= 0.6 is 0 Å². The highest BCUT2D eigenvalue weighted by Crippen LogP contribution is 2.35.